The standard InChI is InChI=1S/C18H25N3O/c1-4-14(2)11-12-19-18(22)21(3)13-16-10-9-15-7-5-6-8-17(15)20-16/h5-10,14H,4,11-13H2,1-3H3,(H,19,22)/t14-/m0/s1. The van der Waals surface area contributed by atoms with E-state index < -0.39 is 0 Å². The number of urea groups is 1. The van der Waals surface area contributed by atoms with Crippen LogP contribution in [0.2, 0.25) is 0 Å². The molecule has 4 nitrogen and oxygen atoms in total. The third kappa shape index (κ3) is 4.45. The first-order chi connectivity index (χ1) is 10.6. The molecule has 0 saturated heterocycles. The maximum absolute atomic E-state index is 12.1. The maximum atomic E-state index is 12.1. The number of nitrogens with zero attached hydrogens (tertiary/aromatic N) is 2. The Morgan fingerprint density at radius 1 is 1.27 bits per heavy atom. The van der Waals surface area contributed by atoms with Crippen LogP contribution in [0.3, 0.4) is 0 Å². The smallest absolute Gasteiger partial charge is 0.317 e. The second kappa shape index (κ2) is 7.78. The van der Waals surface area contributed by atoms with Crippen LogP contribution < -0.4 is 5.32 Å². The predicted octanol–water partition coefficient (Wildman–Crippen LogP) is 3.81. The summed E-state index contributed by atoms with van der Waals surface area (Å²) >= 11 is 0. The minimum absolute atomic E-state index is 0.0433. The highest BCUT2D eigenvalue weighted by Gasteiger charge is 2.10. The highest BCUT2D eigenvalue weighted by molar-refractivity contribution is 5.78. The maximum Gasteiger partial charge on any atom is 0.317 e. The monoisotopic (exact) mass is 299 g/mol. The number of para-hydroxylation sites is 1. The summed E-state index contributed by atoms with van der Waals surface area (Å²) in [6.07, 6.45) is 2.16. The Labute approximate surface area is 132 Å². The molecular weight excluding hydrogens is 274 g/mol. The van der Waals surface area contributed by atoms with Crippen molar-refractivity contribution in [2.45, 2.75) is 33.2 Å². The van der Waals surface area contributed by atoms with Crippen LogP contribution in [0, 0.1) is 5.92 Å². The topological polar surface area (TPSA) is 45.2 Å². The fourth-order valence-corrected chi connectivity index (χ4v) is 2.28. The van der Waals surface area contributed by atoms with Gasteiger partial charge in [0.05, 0.1) is 17.8 Å². The SMILES string of the molecule is CC[C@H](C)CCNC(=O)N(C)Cc1ccc2ccccc2n1. The second-order valence-electron chi connectivity index (χ2n) is 5.89. The number of amides is 2. The van der Waals surface area contributed by atoms with Crippen molar-refractivity contribution in [1.29, 1.82) is 0 Å². The summed E-state index contributed by atoms with van der Waals surface area (Å²) in [4.78, 5) is 18.3. The Kier molecular flexibility index (Phi) is 5.75. The minimum Gasteiger partial charge on any atom is -0.338 e. The number of rotatable bonds is 6. The molecule has 0 fully saturated rings. The predicted molar refractivity (Wildman–Crippen MR) is 90.7 cm³/mol. The molecule has 0 aliphatic carbocycles. The first-order valence-electron chi connectivity index (χ1n) is 7.93. The van der Waals surface area contributed by atoms with Crippen molar-refractivity contribution in [3.63, 3.8) is 0 Å². The van der Waals surface area contributed by atoms with E-state index in [1.807, 2.05) is 36.4 Å². The molecule has 2 rings (SSSR count). The molecule has 0 aliphatic heterocycles. The van der Waals surface area contributed by atoms with Crippen LogP contribution in [-0.2, 0) is 6.54 Å². The molecule has 1 atom stereocenters. The third-order valence-corrected chi connectivity index (χ3v) is 4.01. The van der Waals surface area contributed by atoms with Gasteiger partial charge in [0.2, 0.25) is 0 Å². The van der Waals surface area contributed by atoms with Crippen LogP contribution in [-0.4, -0.2) is 29.5 Å². The van der Waals surface area contributed by atoms with Gasteiger partial charge >= 0.3 is 6.03 Å². The van der Waals surface area contributed by atoms with Gasteiger partial charge in [-0.25, -0.2) is 4.79 Å². The highest BCUT2D eigenvalue weighted by atomic mass is 16.2. The second-order valence-corrected chi connectivity index (χ2v) is 5.89. The zero-order chi connectivity index (χ0) is 15.9. The molecule has 0 spiro atoms. The number of hydrogen-bond donors (Lipinski definition) is 1. The van der Waals surface area contributed by atoms with Gasteiger partial charge in [-0.1, -0.05) is 44.5 Å². The summed E-state index contributed by atoms with van der Waals surface area (Å²) in [5.41, 5.74) is 1.86. The highest BCUT2D eigenvalue weighted by Crippen LogP contribution is 2.12. The van der Waals surface area contributed by atoms with E-state index in [2.05, 4.69) is 24.1 Å². The lowest BCUT2D eigenvalue weighted by molar-refractivity contribution is 0.205. The summed E-state index contributed by atoms with van der Waals surface area (Å²) in [5, 5.41) is 4.08. The molecule has 1 heterocycles. The first-order valence-corrected chi connectivity index (χ1v) is 7.93. The Morgan fingerprint density at radius 3 is 2.82 bits per heavy atom. The van der Waals surface area contributed by atoms with Crippen molar-refractivity contribution >= 4 is 16.9 Å². The first kappa shape index (κ1) is 16.3. The number of pyridine rings is 1. The van der Waals surface area contributed by atoms with E-state index in [1.165, 1.54) is 0 Å². The lowest BCUT2D eigenvalue weighted by Crippen LogP contribution is -2.37. The van der Waals surface area contributed by atoms with E-state index in [4.69, 9.17) is 0 Å². The van der Waals surface area contributed by atoms with Crippen molar-refractivity contribution in [3.8, 4) is 0 Å². The van der Waals surface area contributed by atoms with E-state index in [0.717, 1.165) is 36.0 Å². The van der Waals surface area contributed by atoms with Crippen molar-refractivity contribution in [3.05, 3.63) is 42.1 Å². The zero-order valence-electron chi connectivity index (χ0n) is 13.7. The van der Waals surface area contributed by atoms with Crippen LogP contribution in [0.25, 0.3) is 10.9 Å². The van der Waals surface area contributed by atoms with Crippen LogP contribution in [0.5, 0.6) is 0 Å². The Bertz CT molecular complexity index is 627. The molecular formula is C18H25N3O. The molecule has 2 amide bonds. The van der Waals surface area contributed by atoms with E-state index in [0.29, 0.717) is 12.5 Å². The summed E-state index contributed by atoms with van der Waals surface area (Å²) in [6.45, 7) is 5.61. The van der Waals surface area contributed by atoms with Crippen molar-refractivity contribution in [2.24, 2.45) is 5.92 Å². The van der Waals surface area contributed by atoms with Gasteiger partial charge in [-0.15, -0.1) is 0 Å². The van der Waals surface area contributed by atoms with E-state index >= 15 is 0 Å². The molecule has 2 aromatic rings. The molecule has 4 heteroatoms. The van der Waals surface area contributed by atoms with Crippen molar-refractivity contribution in [2.75, 3.05) is 13.6 Å². The van der Waals surface area contributed by atoms with Gasteiger partial charge < -0.3 is 10.2 Å². The van der Waals surface area contributed by atoms with Gasteiger partial charge in [-0.2, -0.15) is 0 Å². The molecule has 0 bridgehead atoms. The molecule has 0 aliphatic rings. The van der Waals surface area contributed by atoms with Gasteiger partial charge in [0.1, 0.15) is 0 Å². The van der Waals surface area contributed by atoms with E-state index in [-0.39, 0.29) is 6.03 Å². The Morgan fingerprint density at radius 2 is 2.05 bits per heavy atom. The van der Waals surface area contributed by atoms with E-state index in [9.17, 15) is 4.79 Å². The Hall–Kier alpha value is -2.10. The van der Waals surface area contributed by atoms with Gasteiger partial charge in [0, 0.05) is 19.0 Å². The fraction of sp³-hybridized carbons (Fsp3) is 0.444. The molecule has 1 aromatic heterocycles. The summed E-state index contributed by atoms with van der Waals surface area (Å²) < 4.78 is 0. The largest absolute Gasteiger partial charge is 0.338 e. The summed E-state index contributed by atoms with van der Waals surface area (Å²) in [5.74, 6) is 0.646. The van der Waals surface area contributed by atoms with Crippen LogP contribution in [0.15, 0.2) is 36.4 Å². The fourth-order valence-electron chi connectivity index (χ4n) is 2.28. The van der Waals surface area contributed by atoms with Crippen molar-refractivity contribution < 1.29 is 4.79 Å². The molecule has 0 radical (unpaired) electrons. The molecule has 22 heavy (non-hydrogen) atoms. The number of nitrogens with one attached hydrogen (secondary N) is 1. The number of hydrogen-bond acceptors (Lipinski definition) is 2. The van der Waals surface area contributed by atoms with Crippen LogP contribution in [0.4, 0.5) is 4.79 Å². The molecule has 1 N–H and O–H groups in total. The number of fused-ring (bicyclic) bond motifs is 1. The number of benzene rings is 1. The molecule has 0 saturated carbocycles. The number of aromatic nitrogens is 1. The third-order valence-electron chi connectivity index (χ3n) is 4.01. The number of carbonyl (C=O) groups excluding carboxylic acids is 1. The van der Waals surface area contributed by atoms with E-state index in [1.54, 1.807) is 11.9 Å². The Balaban J connectivity index is 1.89. The van der Waals surface area contributed by atoms with Crippen LogP contribution >= 0.6 is 0 Å². The average molecular weight is 299 g/mol. The van der Waals surface area contributed by atoms with Gasteiger partial charge in [0.15, 0.2) is 0 Å². The lowest BCUT2D eigenvalue weighted by Gasteiger charge is -2.18. The van der Waals surface area contributed by atoms with Gasteiger partial charge in [-0.3, -0.25) is 4.98 Å². The average Bonchev–Trinajstić information content (AvgIpc) is 2.54. The normalized spacial score (nSPS) is 12.1. The van der Waals surface area contributed by atoms with Gasteiger partial charge in [0.25, 0.3) is 0 Å². The van der Waals surface area contributed by atoms with Crippen LogP contribution in [0.1, 0.15) is 32.4 Å². The summed E-state index contributed by atoms with van der Waals surface area (Å²) in [7, 11) is 1.80. The minimum atomic E-state index is -0.0433. The molecule has 0 unspecified atom stereocenters. The molecule has 1 aromatic carbocycles. The summed E-state index contributed by atoms with van der Waals surface area (Å²) in [6, 6.07) is 12.0. The quantitative estimate of drug-likeness (QED) is 0.881. The van der Waals surface area contributed by atoms with Gasteiger partial charge in [-0.05, 0) is 24.5 Å². The zero-order valence-corrected chi connectivity index (χ0v) is 13.7. The molecule has 118 valence electrons. The lowest BCUT2D eigenvalue weighted by atomic mass is 10.1. The number of carbonyl (C=O) groups is 1. The van der Waals surface area contributed by atoms with Crippen molar-refractivity contribution in [1.82, 2.24) is 15.2 Å².